The summed E-state index contributed by atoms with van der Waals surface area (Å²) in [4.78, 5) is 7.86. The molecule has 3 rings (SSSR count). The Morgan fingerprint density at radius 2 is 2.26 bits per heavy atom. The maximum absolute atomic E-state index is 5.70. The first-order valence-electron chi connectivity index (χ1n) is 6.64. The molecule has 0 unspecified atom stereocenters. The quantitative estimate of drug-likeness (QED) is 0.926. The Morgan fingerprint density at radius 1 is 1.42 bits per heavy atom. The SMILES string of the molecule is NCC1CCN(Cc2nc(-c3cccs3)no2)CC1. The van der Waals surface area contributed by atoms with Crippen LogP contribution in [-0.2, 0) is 6.54 Å². The number of likely N-dealkylation sites (tertiary alicyclic amines) is 1. The first-order chi connectivity index (χ1) is 9.35. The van der Waals surface area contributed by atoms with Crippen molar-refractivity contribution in [3.05, 3.63) is 23.4 Å². The van der Waals surface area contributed by atoms with Crippen molar-refractivity contribution in [2.24, 2.45) is 11.7 Å². The lowest BCUT2D eigenvalue weighted by atomic mass is 9.97. The van der Waals surface area contributed by atoms with E-state index in [1.807, 2.05) is 17.5 Å². The van der Waals surface area contributed by atoms with E-state index in [9.17, 15) is 0 Å². The maximum atomic E-state index is 5.70. The Labute approximate surface area is 116 Å². The molecule has 19 heavy (non-hydrogen) atoms. The molecular formula is C13H18N4OS. The van der Waals surface area contributed by atoms with Crippen molar-refractivity contribution in [2.75, 3.05) is 19.6 Å². The van der Waals surface area contributed by atoms with Crippen LogP contribution in [-0.4, -0.2) is 34.7 Å². The van der Waals surface area contributed by atoms with Crippen molar-refractivity contribution in [1.82, 2.24) is 15.0 Å². The highest BCUT2D eigenvalue weighted by Gasteiger charge is 2.20. The third-order valence-electron chi connectivity index (χ3n) is 3.61. The number of piperidine rings is 1. The summed E-state index contributed by atoms with van der Waals surface area (Å²) in [5.41, 5.74) is 5.70. The average molecular weight is 278 g/mol. The monoisotopic (exact) mass is 278 g/mol. The normalized spacial score (nSPS) is 17.9. The van der Waals surface area contributed by atoms with Crippen LogP contribution >= 0.6 is 11.3 Å². The molecule has 0 bridgehead atoms. The average Bonchev–Trinajstić information content (AvgIpc) is 3.10. The van der Waals surface area contributed by atoms with Crippen LogP contribution in [0.1, 0.15) is 18.7 Å². The molecule has 102 valence electrons. The molecule has 0 aromatic carbocycles. The number of nitrogens with two attached hydrogens (primary N) is 1. The predicted octanol–water partition coefficient (Wildman–Crippen LogP) is 1.97. The Balaban J connectivity index is 1.59. The van der Waals surface area contributed by atoms with E-state index < -0.39 is 0 Å². The zero-order chi connectivity index (χ0) is 13.1. The summed E-state index contributed by atoms with van der Waals surface area (Å²) >= 11 is 1.63. The van der Waals surface area contributed by atoms with Crippen LogP contribution in [0, 0.1) is 5.92 Å². The second-order valence-corrected chi connectivity index (χ2v) is 5.89. The van der Waals surface area contributed by atoms with Gasteiger partial charge in [-0.15, -0.1) is 11.3 Å². The largest absolute Gasteiger partial charge is 0.338 e. The standard InChI is InChI=1S/C13H18N4OS/c14-8-10-3-5-17(6-4-10)9-12-15-13(16-18-12)11-2-1-7-19-11/h1-2,7,10H,3-6,8-9,14H2. The van der Waals surface area contributed by atoms with Gasteiger partial charge in [-0.3, -0.25) is 4.90 Å². The number of thiophene rings is 1. The lowest BCUT2D eigenvalue weighted by Crippen LogP contribution is -2.35. The third-order valence-corrected chi connectivity index (χ3v) is 4.47. The molecule has 6 heteroatoms. The zero-order valence-electron chi connectivity index (χ0n) is 10.8. The van der Waals surface area contributed by atoms with Gasteiger partial charge in [-0.1, -0.05) is 11.2 Å². The number of aromatic nitrogens is 2. The Bertz CT molecular complexity index is 502. The van der Waals surface area contributed by atoms with Crippen LogP contribution in [0.3, 0.4) is 0 Å². The molecule has 0 atom stereocenters. The van der Waals surface area contributed by atoms with Gasteiger partial charge in [-0.2, -0.15) is 4.98 Å². The van der Waals surface area contributed by atoms with Crippen LogP contribution in [0.15, 0.2) is 22.0 Å². The molecule has 2 aromatic rings. The molecule has 2 N–H and O–H groups in total. The molecule has 5 nitrogen and oxygen atoms in total. The second-order valence-electron chi connectivity index (χ2n) is 4.94. The van der Waals surface area contributed by atoms with Gasteiger partial charge in [0.25, 0.3) is 0 Å². The minimum absolute atomic E-state index is 0.681. The predicted molar refractivity (Wildman–Crippen MR) is 74.7 cm³/mol. The second kappa shape index (κ2) is 5.81. The molecule has 1 saturated heterocycles. The van der Waals surface area contributed by atoms with E-state index in [0.717, 1.165) is 31.1 Å². The topological polar surface area (TPSA) is 68.2 Å². The van der Waals surface area contributed by atoms with Crippen LogP contribution < -0.4 is 5.73 Å². The van der Waals surface area contributed by atoms with E-state index in [1.165, 1.54) is 12.8 Å². The highest BCUT2D eigenvalue weighted by molar-refractivity contribution is 7.13. The molecule has 1 aliphatic rings. The van der Waals surface area contributed by atoms with Crippen LogP contribution in [0.4, 0.5) is 0 Å². The Hall–Kier alpha value is -1.24. The minimum atomic E-state index is 0.681. The number of rotatable bonds is 4. The van der Waals surface area contributed by atoms with E-state index in [0.29, 0.717) is 17.6 Å². The molecule has 0 radical (unpaired) electrons. The Kier molecular flexibility index (Phi) is 3.91. The summed E-state index contributed by atoms with van der Waals surface area (Å²) in [6, 6.07) is 4.00. The van der Waals surface area contributed by atoms with E-state index >= 15 is 0 Å². The molecule has 0 aliphatic carbocycles. The first-order valence-corrected chi connectivity index (χ1v) is 7.52. The Morgan fingerprint density at radius 3 is 2.95 bits per heavy atom. The van der Waals surface area contributed by atoms with Gasteiger partial charge in [-0.05, 0) is 49.8 Å². The number of hydrogen-bond acceptors (Lipinski definition) is 6. The zero-order valence-corrected chi connectivity index (χ0v) is 11.6. The van der Waals surface area contributed by atoms with Crippen molar-refractivity contribution in [3.63, 3.8) is 0 Å². The molecule has 3 heterocycles. The highest BCUT2D eigenvalue weighted by Crippen LogP contribution is 2.22. The fourth-order valence-corrected chi connectivity index (χ4v) is 3.05. The van der Waals surface area contributed by atoms with Gasteiger partial charge in [0, 0.05) is 0 Å². The van der Waals surface area contributed by atoms with Crippen LogP contribution in [0.2, 0.25) is 0 Å². The summed E-state index contributed by atoms with van der Waals surface area (Å²) in [6.45, 7) is 3.68. The van der Waals surface area contributed by atoms with Crippen LogP contribution in [0.5, 0.6) is 0 Å². The summed E-state index contributed by atoms with van der Waals surface area (Å²) < 4.78 is 5.32. The summed E-state index contributed by atoms with van der Waals surface area (Å²) in [5.74, 6) is 2.08. The van der Waals surface area contributed by atoms with E-state index in [2.05, 4.69) is 15.0 Å². The minimum Gasteiger partial charge on any atom is -0.338 e. The van der Waals surface area contributed by atoms with Crippen LogP contribution in [0.25, 0.3) is 10.7 Å². The van der Waals surface area contributed by atoms with Gasteiger partial charge in [-0.25, -0.2) is 0 Å². The van der Waals surface area contributed by atoms with E-state index in [-0.39, 0.29) is 0 Å². The van der Waals surface area contributed by atoms with Crippen molar-refractivity contribution in [1.29, 1.82) is 0 Å². The third kappa shape index (κ3) is 3.02. The van der Waals surface area contributed by atoms with Gasteiger partial charge in [0.15, 0.2) is 0 Å². The first kappa shape index (κ1) is 12.8. The van der Waals surface area contributed by atoms with Gasteiger partial charge >= 0.3 is 0 Å². The maximum Gasteiger partial charge on any atom is 0.241 e. The van der Waals surface area contributed by atoms with Gasteiger partial charge < -0.3 is 10.3 Å². The molecule has 0 amide bonds. The summed E-state index contributed by atoms with van der Waals surface area (Å²) in [5, 5.41) is 6.05. The fourth-order valence-electron chi connectivity index (χ4n) is 2.40. The van der Waals surface area contributed by atoms with Gasteiger partial charge in [0.2, 0.25) is 11.7 Å². The van der Waals surface area contributed by atoms with Crippen molar-refractivity contribution in [2.45, 2.75) is 19.4 Å². The lowest BCUT2D eigenvalue weighted by molar-refractivity contribution is 0.161. The molecule has 0 saturated carbocycles. The van der Waals surface area contributed by atoms with Gasteiger partial charge in [0.1, 0.15) is 0 Å². The summed E-state index contributed by atoms with van der Waals surface area (Å²) in [7, 11) is 0. The van der Waals surface area contributed by atoms with Gasteiger partial charge in [0.05, 0.1) is 11.4 Å². The van der Waals surface area contributed by atoms with E-state index in [1.54, 1.807) is 11.3 Å². The molecular weight excluding hydrogens is 260 g/mol. The molecule has 1 fully saturated rings. The lowest BCUT2D eigenvalue weighted by Gasteiger charge is -2.30. The van der Waals surface area contributed by atoms with Crippen molar-refractivity contribution in [3.8, 4) is 10.7 Å². The van der Waals surface area contributed by atoms with E-state index in [4.69, 9.17) is 10.3 Å². The number of hydrogen-bond donors (Lipinski definition) is 1. The van der Waals surface area contributed by atoms with Crippen molar-refractivity contribution < 1.29 is 4.52 Å². The smallest absolute Gasteiger partial charge is 0.241 e. The molecule has 2 aromatic heterocycles. The fraction of sp³-hybridized carbons (Fsp3) is 0.538. The summed E-state index contributed by atoms with van der Waals surface area (Å²) in [6.07, 6.45) is 2.34. The molecule has 1 aliphatic heterocycles. The molecule has 0 spiro atoms. The van der Waals surface area contributed by atoms with Crippen molar-refractivity contribution >= 4 is 11.3 Å². The highest BCUT2D eigenvalue weighted by atomic mass is 32.1. The number of nitrogens with zero attached hydrogens (tertiary/aromatic N) is 3.